The lowest BCUT2D eigenvalue weighted by molar-refractivity contribution is -0.141. The lowest BCUT2D eigenvalue weighted by atomic mass is 10.00. The minimum absolute atomic E-state index is 0.0323. The zero-order valence-corrected chi connectivity index (χ0v) is 26.5. The molecule has 0 bridgehead atoms. The lowest BCUT2D eigenvalue weighted by Gasteiger charge is -2.13. The first kappa shape index (κ1) is 32.5. The Morgan fingerprint density at radius 2 is 1.65 bits per heavy atom. The number of carboxylic acid groups (broad SMARTS) is 1. The normalized spacial score (nSPS) is 12.8. The second kappa shape index (κ2) is 13.9. The highest BCUT2D eigenvalue weighted by Crippen LogP contribution is 2.44. The first-order valence-electron chi connectivity index (χ1n) is 13.7. The summed E-state index contributed by atoms with van der Waals surface area (Å²) in [5.74, 6) is -2.45. The van der Waals surface area contributed by atoms with Gasteiger partial charge in [0.1, 0.15) is 5.78 Å². The third-order valence-electron chi connectivity index (χ3n) is 7.14. The predicted octanol–water partition coefficient (Wildman–Crippen LogP) is 7.92. The van der Waals surface area contributed by atoms with Crippen molar-refractivity contribution in [1.82, 2.24) is 0 Å². The first-order chi connectivity index (χ1) is 20.4. The van der Waals surface area contributed by atoms with Crippen LogP contribution in [0.25, 0.3) is 20.2 Å². The number of aromatic hydroxyl groups is 1. The molecular formula is C31H32ClFO8S2. The number of Topliss-reactive ketones (excluding diaryl/α,β-unsaturated/α-hetero) is 2. The van der Waals surface area contributed by atoms with Crippen LogP contribution in [0, 0.1) is 17.7 Å². The summed E-state index contributed by atoms with van der Waals surface area (Å²) in [6, 6.07) is 6.54. The molecule has 43 heavy (non-hydrogen) atoms. The van der Waals surface area contributed by atoms with E-state index in [1.807, 2.05) is 0 Å². The van der Waals surface area contributed by atoms with Crippen molar-refractivity contribution in [3.8, 4) is 23.0 Å². The summed E-state index contributed by atoms with van der Waals surface area (Å²) in [5.41, 5.74) is 0. The van der Waals surface area contributed by atoms with E-state index in [4.69, 9.17) is 30.9 Å². The number of aryl methyl sites for hydroxylation is 1. The van der Waals surface area contributed by atoms with Crippen molar-refractivity contribution in [2.24, 2.45) is 11.8 Å². The maximum absolute atomic E-state index is 15.4. The van der Waals surface area contributed by atoms with Gasteiger partial charge in [0.05, 0.1) is 36.1 Å². The molecule has 2 atom stereocenters. The number of fused-ring (bicyclic) bond motifs is 2. The van der Waals surface area contributed by atoms with Gasteiger partial charge >= 0.3 is 5.97 Å². The summed E-state index contributed by atoms with van der Waals surface area (Å²) in [6.07, 6.45) is 1.38. The molecule has 2 heterocycles. The molecule has 0 saturated carbocycles. The van der Waals surface area contributed by atoms with Gasteiger partial charge in [0.2, 0.25) is 0 Å². The number of carboxylic acids is 1. The van der Waals surface area contributed by atoms with E-state index in [2.05, 4.69) is 0 Å². The zero-order valence-electron chi connectivity index (χ0n) is 24.1. The van der Waals surface area contributed by atoms with E-state index in [0.717, 1.165) is 4.88 Å². The van der Waals surface area contributed by atoms with Crippen LogP contribution in [0.4, 0.5) is 4.39 Å². The van der Waals surface area contributed by atoms with E-state index in [1.165, 1.54) is 42.8 Å². The van der Waals surface area contributed by atoms with Crippen LogP contribution in [0.1, 0.15) is 54.6 Å². The molecule has 4 rings (SSSR count). The standard InChI is InChI=1S/C31H32ClFO8S2/c1-15(31(37)38)6-7-18-11-20-25(42-18)14-23(39-4)30(28(20)33)41-9-5-8-40-29-22(36)13-24-19(27(29)32)12-26(43-24)21(35)10-16(2)17(3)34/h11-16,36H,5-10H2,1-4H3,(H,37,38)/t15-,16-/m0/s1. The monoisotopic (exact) mass is 650 g/mol. The van der Waals surface area contributed by atoms with E-state index >= 15 is 4.39 Å². The van der Waals surface area contributed by atoms with Crippen LogP contribution in [0.5, 0.6) is 23.0 Å². The molecule has 2 aromatic carbocycles. The Balaban J connectivity index is 1.40. The summed E-state index contributed by atoms with van der Waals surface area (Å²) < 4.78 is 33.6. The van der Waals surface area contributed by atoms with Crippen LogP contribution in [0.15, 0.2) is 24.3 Å². The third-order valence-corrected chi connectivity index (χ3v) is 9.78. The Morgan fingerprint density at radius 3 is 2.30 bits per heavy atom. The molecule has 4 aromatic rings. The number of ether oxygens (including phenoxy) is 3. The van der Waals surface area contributed by atoms with Crippen molar-refractivity contribution in [1.29, 1.82) is 0 Å². The molecule has 0 aliphatic carbocycles. The summed E-state index contributed by atoms with van der Waals surface area (Å²) in [4.78, 5) is 36.6. The van der Waals surface area contributed by atoms with Crippen LogP contribution in [0.2, 0.25) is 5.02 Å². The van der Waals surface area contributed by atoms with Gasteiger partial charge in [-0.1, -0.05) is 25.4 Å². The molecule has 2 N–H and O–H groups in total. The van der Waals surface area contributed by atoms with Crippen LogP contribution < -0.4 is 14.2 Å². The lowest BCUT2D eigenvalue weighted by Crippen LogP contribution is -2.11. The highest BCUT2D eigenvalue weighted by molar-refractivity contribution is 7.21. The number of halogens is 2. The van der Waals surface area contributed by atoms with Gasteiger partial charge in [-0.25, -0.2) is 4.39 Å². The highest BCUT2D eigenvalue weighted by atomic mass is 35.5. The number of hydrogen-bond donors (Lipinski definition) is 2. The Labute approximate surface area is 260 Å². The Morgan fingerprint density at radius 1 is 0.977 bits per heavy atom. The Bertz CT molecular complexity index is 1680. The highest BCUT2D eigenvalue weighted by Gasteiger charge is 2.22. The van der Waals surface area contributed by atoms with Crippen molar-refractivity contribution in [3.05, 3.63) is 44.9 Å². The summed E-state index contributed by atoms with van der Waals surface area (Å²) in [5, 5.41) is 20.8. The SMILES string of the molecule is COc1cc2sc(CC[C@H](C)C(=O)O)cc2c(F)c1OCCCOc1c(O)cc2sc(C(=O)C[C@H](C)C(C)=O)cc2c1Cl. The smallest absolute Gasteiger partial charge is 0.306 e. The third kappa shape index (κ3) is 7.39. The number of ketones is 2. The fraction of sp³-hybridized carbons (Fsp3) is 0.387. The van der Waals surface area contributed by atoms with Crippen LogP contribution in [0.3, 0.4) is 0 Å². The number of carbonyl (C=O) groups is 3. The van der Waals surface area contributed by atoms with Gasteiger partial charge in [-0.05, 0) is 31.9 Å². The van der Waals surface area contributed by atoms with Gasteiger partial charge in [0.15, 0.2) is 34.6 Å². The van der Waals surface area contributed by atoms with Crippen LogP contribution in [-0.2, 0) is 16.0 Å². The molecule has 230 valence electrons. The number of phenolic OH excluding ortho intramolecular Hbond substituents is 1. The van der Waals surface area contributed by atoms with E-state index in [9.17, 15) is 19.5 Å². The molecule has 0 aliphatic rings. The number of thiophene rings is 2. The molecule has 0 aliphatic heterocycles. The Kier molecular flexibility index (Phi) is 10.5. The Hall–Kier alpha value is -3.41. The summed E-state index contributed by atoms with van der Waals surface area (Å²) >= 11 is 9.11. The second-order valence-electron chi connectivity index (χ2n) is 10.4. The van der Waals surface area contributed by atoms with E-state index in [-0.39, 0.29) is 65.1 Å². The number of benzene rings is 2. The van der Waals surface area contributed by atoms with E-state index < -0.39 is 17.7 Å². The molecule has 2 aromatic heterocycles. The predicted molar refractivity (Wildman–Crippen MR) is 166 cm³/mol. The number of phenols is 1. The number of aliphatic carboxylic acids is 1. The molecule has 0 amide bonds. The summed E-state index contributed by atoms with van der Waals surface area (Å²) in [6.45, 7) is 4.98. The maximum Gasteiger partial charge on any atom is 0.306 e. The average molecular weight is 651 g/mol. The number of carbonyl (C=O) groups excluding carboxylic acids is 2. The number of methoxy groups -OCH3 is 1. The molecular weight excluding hydrogens is 619 g/mol. The molecule has 0 radical (unpaired) electrons. The maximum atomic E-state index is 15.4. The van der Waals surface area contributed by atoms with Gasteiger partial charge < -0.3 is 24.4 Å². The molecule has 8 nitrogen and oxygen atoms in total. The number of hydrogen-bond acceptors (Lipinski definition) is 9. The van der Waals surface area contributed by atoms with Gasteiger partial charge in [-0.15, -0.1) is 22.7 Å². The quantitative estimate of drug-likeness (QED) is 0.0984. The topological polar surface area (TPSA) is 119 Å². The van der Waals surface area contributed by atoms with Crippen molar-refractivity contribution in [2.75, 3.05) is 20.3 Å². The van der Waals surface area contributed by atoms with Gasteiger partial charge in [-0.2, -0.15) is 0 Å². The first-order valence-corrected chi connectivity index (χ1v) is 15.7. The van der Waals surface area contributed by atoms with Gasteiger partial charge in [-0.3, -0.25) is 14.4 Å². The fourth-order valence-corrected chi connectivity index (χ4v) is 6.88. The van der Waals surface area contributed by atoms with Crippen molar-refractivity contribution < 1.29 is 43.2 Å². The van der Waals surface area contributed by atoms with Crippen LogP contribution >= 0.6 is 34.3 Å². The van der Waals surface area contributed by atoms with Crippen LogP contribution in [-0.4, -0.2) is 48.1 Å². The fourth-order valence-electron chi connectivity index (χ4n) is 4.36. The minimum atomic E-state index is -0.865. The molecule has 0 spiro atoms. The molecule has 0 saturated heterocycles. The zero-order chi connectivity index (χ0) is 31.4. The molecule has 0 fully saturated rings. The van der Waals surface area contributed by atoms with Gasteiger partial charge in [0.25, 0.3) is 0 Å². The molecule has 12 heteroatoms. The largest absolute Gasteiger partial charge is 0.504 e. The van der Waals surface area contributed by atoms with Crippen molar-refractivity contribution >= 4 is 72.0 Å². The van der Waals surface area contributed by atoms with E-state index in [0.29, 0.717) is 44.3 Å². The van der Waals surface area contributed by atoms with Gasteiger partial charge in [0, 0.05) is 55.9 Å². The average Bonchev–Trinajstić information content (AvgIpc) is 3.58. The van der Waals surface area contributed by atoms with E-state index in [1.54, 1.807) is 32.0 Å². The summed E-state index contributed by atoms with van der Waals surface area (Å²) in [7, 11) is 1.42. The second-order valence-corrected chi connectivity index (χ2v) is 13.0. The minimum Gasteiger partial charge on any atom is -0.504 e. The molecule has 0 unspecified atom stereocenters. The number of rotatable bonds is 15. The van der Waals surface area contributed by atoms with Crippen molar-refractivity contribution in [2.45, 2.75) is 46.5 Å². The van der Waals surface area contributed by atoms with Crippen molar-refractivity contribution in [3.63, 3.8) is 0 Å².